The van der Waals surface area contributed by atoms with Crippen molar-refractivity contribution in [3.63, 3.8) is 0 Å². The van der Waals surface area contributed by atoms with E-state index in [4.69, 9.17) is 9.47 Å². The van der Waals surface area contributed by atoms with Crippen molar-refractivity contribution in [2.75, 3.05) is 72.2 Å². The zero-order valence-electron chi connectivity index (χ0n) is 28.3. The van der Waals surface area contributed by atoms with E-state index in [1.807, 2.05) is 0 Å². The number of ether oxygens (including phenoxy) is 2. The number of nitrogens with one attached hydrogen (secondary N) is 2. The molecule has 2 heterocycles. The van der Waals surface area contributed by atoms with E-state index in [1.54, 1.807) is 36.4 Å². The third kappa shape index (κ3) is 10.5. The van der Waals surface area contributed by atoms with E-state index in [0.717, 1.165) is 64.9 Å². The molecule has 0 atom stereocenters. The topological polar surface area (TPSA) is 83.1 Å². The summed E-state index contributed by atoms with van der Waals surface area (Å²) in [6, 6.07) is 16.4. The molecule has 50 heavy (non-hydrogen) atoms. The van der Waals surface area contributed by atoms with Gasteiger partial charge in [-0.3, -0.25) is 9.80 Å². The van der Waals surface area contributed by atoms with Crippen LogP contribution in [-0.4, -0.2) is 90.4 Å². The van der Waals surface area contributed by atoms with Gasteiger partial charge in [0.1, 0.15) is 30.5 Å². The van der Waals surface area contributed by atoms with Crippen LogP contribution in [0.3, 0.4) is 0 Å². The molecule has 0 saturated carbocycles. The van der Waals surface area contributed by atoms with Gasteiger partial charge in [0.25, 0.3) is 5.92 Å². The minimum Gasteiger partial charge on any atom is -0.490 e. The van der Waals surface area contributed by atoms with Crippen LogP contribution in [0.4, 0.5) is 13.2 Å². The minimum atomic E-state index is -3.87. The summed E-state index contributed by atoms with van der Waals surface area (Å²) in [5.74, 6) is -2.05. The van der Waals surface area contributed by atoms with Crippen LogP contribution in [0.25, 0.3) is 0 Å². The van der Waals surface area contributed by atoms with E-state index in [0.29, 0.717) is 35.7 Å². The van der Waals surface area contributed by atoms with Gasteiger partial charge in [-0.25, -0.2) is 21.6 Å². The Kier molecular flexibility index (Phi) is 12.9. The average Bonchev–Trinajstić information content (AvgIpc) is 3.11. The summed E-state index contributed by atoms with van der Waals surface area (Å²) >= 11 is 0. The van der Waals surface area contributed by atoms with Crippen LogP contribution in [0, 0.1) is 0 Å². The summed E-state index contributed by atoms with van der Waals surface area (Å²) in [7, 11) is -3.87. The van der Waals surface area contributed by atoms with Gasteiger partial charge in [0, 0.05) is 77.9 Å². The predicted molar refractivity (Wildman–Crippen MR) is 190 cm³/mol. The molecule has 0 radical (unpaired) electrons. The number of piperazine rings is 2. The van der Waals surface area contributed by atoms with Crippen LogP contribution in [0.5, 0.6) is 17.2 Å². The van der Waals surface area contributed by atoms with Gasteiger partial charge in [0.05, 0.1) is 9.79 Å². The molecule has 0 aromatic heterocycles. The van der Waals surface area contributed by atoms with Crippen LogP contribution < -0.4 is 20.1 Å². The fraction of sp³-hybridized carbons (Fsp3) is 0.368. The van der Waals surface area contributed by atoms with Crippen LogP contribution >= 0.6 is 0 Å². The second-order valence-electron chi connectivity index (χ2n) is 12.5. The third-order valence-corrected chi connectivity index (χ3v) is 10.4. The van der Waals surface area contributed by atoms with E-state index >= 15 is 0 Å². The molecule has 12 heteroatoms. The van der Waals surface area contributed by atoms with Crippen molar-refractivity contribution < 1.29 is 31.1 Å². The van der Waals surface area contributed by atoms with E-state index in [1.165, 1.54) is 48.5 Å². The third-order valence-electron chi connectivity index (χ3n) is 8.59. The van der Waals surface area contributed by atoms with Crippen molar-refractivity contribution in [1.29, 1.82) is 0 Å². The molecule has 0 spiro atoms. The average molecular weight is 711 g/mol. The van der Waals surface area contributed by atoms with E-state index in [-0.39, 0.29) is 27.7 Å². The Morgan fingerprint density at radius 1 is 0.840 bits per heavy atom. The molecule has 0 aliphatic carbocycles. The maximum atomic E-state index is 14.4. The number of allylic oxidation sites excluding steroid dienone is 2. The first-order valence-electron chi connectivity index (χ1n) is 16.8. The highest BCUT2D eigenvalue weighted by Crippen LogP contribution is 2.34. The highest BCUT2D eigenvalue weighted by atomic mass is 32.2. The van der Waals surface area contributed by atoms with Gasteiger partial charge in [-0.15, -0.1) is 0 Å². The maximum absolute atomic E-state index is 14.4. The van der Waals surface area contributed by atoms with Gasteiger partial charge in [-0.1, -0.05) is 18.7 Å². The van der Waals surface area contributed by atoms with Crippen molar-refractivity contribution >= 4 is 9.84 Å². The number of alkyl halides is 3. The Labute approximate surface area is 293 Å². The number of rotatable bonds is 15. The highest BCUT2D eigenvalue weighted by molar-refractivity contribution is 7.91. The van der Waals surface area contributed by atoms with Crippen molar-refractivity contribution in [1.82, 2.24) is 20.4 Å². The lowest BCUT2D eigenvalue weighted by Gasteiger charge is -2.27. The van der Waals surface area contributed by atoms with E-state index < -0.39 is 22.4 Å². The second-order valence-corrected chi connectivity index (χ2v) is 14.5. The van der Waals surface area contributed by atoms with Gasteiger partial charge < -0.3 is 20.1 Å². The van der Waals surface area contributed by atoms with Crippen LogP contribution in [0.2, 0.25) is 0 Å². The molecular formula is C38H45F3N4O4S. The van der Waals surface area contributed by atoms with Crippen LogP contribution in [-0.2, 0) is 22.3 Å². The van der Waals surface area contributed by atoms with Gasteiger partial charge in [0.2, 0.25) is 9.84 Å². The van der Waals surface area contributed by atoms with Gasteiger partial charge in [0.15, 0.2) is 0 Å². The quantitative estimate of drug-likeness (QED) is 0.183. The van der Waals surface area contributed by atoms with Crippen molar-refractivity contribution in [3.8, 4) is 17.2 Å². The largest absolute Gasteiger partial charge is 0.490 e. The molecule has 0 unspecified atom stereocenters. The predicted octanol–water partition coefficient (Wildman–Crippen LogP) is 6.12. The zero-order valence-corrected chi connectivity index (χ0v) is 29.2. The SMILES string of the molecule is C=C/C(=C\C(=C/COc1ccc(S(=O)(=O)c2ccc(Oc3cc(CN4CCNCC4)cc(C(C)(F)F)c3)cc2)cc1)CF)CN1CCNCC1. The Hall–Kier alpha value is -3.94. The summed E-state index contributed by atoms with van der Waals surface area (Å²) in [6.45, 7) is 12.4. The number of nitrogens with zero attached hydrogens (tertiary/aromatic N) is 2. The van der Waals surface area contributed by atoms with Crippen molar-refractivity contribution in [2.24, 2.45) is 0 Å². The lowest BCUT2D eigenvalue weighted by Crippen LogP contribution is -2.44. The summed E-state index contributed by atoms with van der Waals surface area (Å²) in [5, 5.41) is 6.60. The molecule has 0 amide bonds. The molecule has 2 saturated heterocycles. The highest BCUT2D eigenvalue weighted by Gasteiger charge is 2.26. The summed E-state index contributed by atoms with van der Waals surface area (Å²) in [5.41, 5.74) is 1.97. The normalized spacial score (nSPS) is 17.0. The molecule has 0 bridgehead atoms. The molecule has 2 aliphatic heterocycles. The zero-order chi connectivity index (χ0) is 35.6. The number of hydrogen-bond donors (Lipinski definition) is 2. The molecule has 2 N–H and O–H groups in total. The standard InChI is InChI=1S/C38H45F3N4O4S/c1-3-29(27-44-17-13-42-14-18-44)22-30(26-39)12-21-48-33-4-8-36(9-5-33)50(46,47)37-10-6-34(7-11-37)49-35-24-31(23-32(25-35)38(2,40)41)28-45-19-15-43-16-20-45/h3-12,22-25,42-43H,1,13-21,26-28H2,2H3/b29-22+,30-12+. The summed E-state index contributed by atoms with van der Waals surface area (Å²) in [4.78, 5) is 4.60. The molecular weight excluding hydrogens is 666 g/mol. The van der Waals surface area contributed by atoms with Crippen molar-refractivity contribution in [3.05, 3.63) is 114 Å². The number of hydrogen-bond acceptors (Lipinski definition) is 8. The maximum Gasteiger partial charge on any atom is 0.270 e. The second kappa shape index (κ2) is 17.3. The van der Waals surface area contributed by atoms with Gasteiger partial charge >= 0.3 is 0 Å². The van der Waals surface area contributed by atoms with E-state index in [9.17, 15) is 21.6 Å². The number of sulfone groups is 1. The Morgan fingerprint density at radius 3 is 1.98 bits per heavy atom. The molecule has 268 valence electrons. The Morgan fingerprint density at radius 2 is 1.42 bits per heavy atom. The monoisotopic (exact) mass is 710 g/mol. The number of benzene rings is 3. The molecule has 3 aromatic carbocycles. The summed E-state index contributed by atoms with van der Waals surface area (Å²) in [6.07, 6.45) is 5.19. The first-order valence-corrected chi connectivity index (χ1v) is 18.2. The Bertz CT molecular complexity index is 1750. The smallest absolute Gasteiger partial charge is 0.270 e. The van der Waals surface area contributed by atoms with Crippen molar-refractivity contribution in [2.45, 2.75) is 29.2 Å². The first-order chi connectivity index (χ1) is 24.0. The van der Waals surface area contributed by atoms with Gasteiger partial charge in [-0.05, 0) is 89.5 Å². The lowest BCUT2D eigenvalue weighted by atomic mass is 10.0. The molecule has 2 fully saturated rings. The first kappa shape index (κ1) is 37.3. The fourth-order valence-electron chi connectivity index (χ4n) is 5.80. The molecule has 8 nitrogen and oxygen atoms in total. The Balaban J connectivity index is 1.21. The van der Waals surface area contributed by atoms with Crippen LogP contribution in [0.15, 0.2) is 112 Å². The van der Waals surface area contributed by atoms with E-state index in [2.05, 4.69) is 27.0 Å². The van der Waals surface area contributed by atoms with Gasteiger partial charge in [-0.2, -0.15) is 0 Å². The lowest BCUT2D eigenvalue weighted by molar-refractivity contribution is 0.0171. The molecule has 5 rings (SSSR count). The molecule has 3 aromatic rings. The summed E-state index contributed by atoms with van der Waals surface area (Å²) < 4.78 is 80.9. The fourth-order valence-corrected chi connectivity index (χ4v) is 7.06. The molecule has 2 aliphatic rings. The minimum absolute atomic E-state index is 0.0490. The number of halogens is 3. The van der Waals surface area contributed by atoms with Crippen LogP contribution in [0.1, 0.15) is 18.1 Å².